The van der Waals surface area contributed by atoms with Crippen molar-refractivity contribution in [2.45, 2.75) is 37.8 Å². The molecule has 0 radical (unpaired) electrons. The Bertz CT molecular complexity index is 706. The number of amides is 1. The molecule has 2 aliphatic heterocycles. The monoisotopic (exact) mass is 382 g/mol. The molecule has 0 saturated carbocycles. The van der Waals surface area contributed by atoms with Gasteiger partial charge in [0.15, 0.2) is 0 Å². The van der Waals surface area contributed by atoms with Crippen molar-refractivity contribution in [3.8, 4) is 5.75 Å². The topological polar surface area (TPSA) is 84.9 Å². The van der Waals surface area contributed by atoms with E-state index in [9.17, 15) is 13.2 Å². The molecule has 1 atom stereocenters. The first-order chi connectivity index (χ1) is 12.4. The highest BCUT2D eigenvalue weighted by Crippen LogP contribution is 2.19. The lowest BCUT2D eigenvalue weighted by Crippen LogP contribution is -2.46. The van der Waals surface area contributed by atoms with Gasteiger partial charge in [-0.15, -0.1) is 0 Å². The number of piperidine rings is 1. The van der Waals surface area contributed by atoms with E-state index in [4.69, 9.17) is 9.47 Å². The third-order valence-corrected chi connectivity index (χ3v) is 5.49. The largest absolute Gasteiger partial charge is 0.491 e. The van der Waals surface area contributed by atoms with Crippen LogP contribution >= 0.6 is 0 Å². The van der Waals surface area contributed by atoms with Gasteiger partial charge in [0.1, 0.15) is 12.4 Å². The van der Waals surface area contributed by atoms with Crippen LogP contribution in [0.3, 0.4) is 0 Å². The maximum Gasteiger partial charge on any atom is 0.253 e. The molecule has 144 valence electrons. The van der Waals surface area contributed by atoms with Gasteiger partial charge in [0.25, 0.3) is 5.91 Å². The lowest BCUT2D eigenvalue weighted by Gasteiger charge is -2.32. The van der Waals surface area contributed by atoms with Crippen LogP contribution in [0.15, 0.2) is 24.3 Å². The molecule has 8 heteroatoms. The first-order valence-corrected chi connectivity index (χ1v) is 10.9. The van der Waals surface area contributed by atoms with Crippen LogP contribution in [0.4, 0.5) is 0 Å². The Morgan fingerprint density at radius 3 is 2.50 bits per heavy atom. The second-order valence-electron chi connectivity index (χ2n) is 6.93. The van der Waals surface area contributed by atoms with Gasteiger partial charge in [0.05, 0.1) is 12.4 Å². The number of rotatable bonds is 6. The zero-order valence-electron chi connectivity index (χ0n) is 15.0. The fourth-order valence-corrected chi connectivity index (χ4v) is 4.19. The summed E-state index contributed by atoms with van der Waals surface area (Å²) in [5.41, 5.74) is 0.615. The quantitative estimate of drug-likeness (QED) is 0.804. The Kier molecular flexibility index (Phi) is 6.16. The van der Waals surface area contributed by atoms with Crippen molar-refractivity contribution in [3.63, 3.8) is 0 Å². The summed E-state index contributed by atoms with van der Waals surface area (Å²) in [7, 11) is -3.21. The van der Waals surface area contributed by atoms with Crippen LogP contribution in [0.5, 0.6) is 5.75 Å². The predicted molar refractivity (Wildman–Crippen MR) is 97.8 cm³/mol. The van der Waals surface area contributed by atoms with E-state index in [0.29, 0.717) is 38.1 Å². The minimum atomic E-state index is -3.21. The maximum atomic E-state index is 12.6. The molecule has 0 aliphatic carbocycles. The van der Waals surface area contributed by atoms with Crippen molar-refractivity contribution < 1.29 is 22.7 Å². The molecule has 26 heavy (non-hydrogen) atoms. The summed E-state index contributed by atoms with van der Waals surface area (Å²) >= 11 is 0. The molecule has 2 fully saturated rings. The number of ether oxygens (including phenoxy) is 2. The third-order valence-electron chi connectivity index (χ3n) is 4.72. The number of hydrogen-bond donors (Lipinski definition) is 1. The number of likely N-dealkylation sites (tertiary alicyclic amines) is 1. The molecule has 1 N–H and O–H groups in total. The number of nitrogens with zero attached hydrogens (tertiary/aromatic N) is 1. The molecule has 7 nitrogen and oxygen atoms in total. The molecule has 1 aromatic rings. The molecule has 0 bridgehead atoms. The smallest absolute Gasteiger partial charge is 0.253 e. The van der Waals surface area contributed by atoms with Crippen LogP contribution in [0.1, 0.15) is 36.0 Å². The van der Waals surface area contributed by atoms with Crippen molar-refractivity contribution >= 4 is 15.9 Å². The lowest BCUT2D eigenvalue weighted by molar-refractivity contribution is 0.0677. The fourth-order valence-electron chi connectivity index (χ4n) is 3.34. The lowest BCUT2D eigenvalue weighted by atomic mass is 10.0. The Morgan fingerprint density at radius 1 is 1.23 bits per heavy atom. The molecular weight excluding hydrogens is 356 g/mol. The highest BCUT2D eigenvalue weighted by molar-refractivity contribution is 7.88. The average Bonchev–Trinajstić information content (AvgIpc) is 3.13. The van der Waals surface area contributed by atoms with Gasteiger partial charge in [0.2, 0.25) is 10.0 Å². The van der Waals surface area contributed by atoms with Gasteiger partial charge in [-0.3, -0.25) is 4.79 Å². The molecule has 0 spiro atoms. The summed E-state index contributed by atoms with van der Waals surface area (Å²) in [5, 5.41) is 0. The van der Waals surface area contributed by atoms with Gasteiger partial charge in [-0.25, -0.2) is 13.1 Å². The number of benzene rings is 1. The van der Waals surface area contributed by atoms with Crippen molar-refractivity contribution in [1.82, 2.24) is 9.62 Å². The number of carbonyl (C=O) groups is 1. The first-order valence-electron chi connectivity index (χ1n) is 9.02. The summed E-state index contributed by atoms with van der Waals surface area (Å²) in [6.07, 6.45) is 4.69. The number of carbonyl (C=O) groups excluding carboxylic acids is 1. The molecule has 2 saturated heterocycles. The SMILES string of the molecule is CS(=O)(=O)NC1CCN(C(=O)c2ccc(OCC3CCCO3)cc2)CC1. The van der Waals surface area contributed by atoms with Crippen molar-refractivity contribution in [1.29, 1.82) is 0 Å². The Morgan fingerprint density at radius 2 is 1.92 bits per heavy atom. The van der Waals surface area contributed by atoms with E-state index in [-0.39, 0.29) is 18.1 Å². The molecule has 1 aromatic carbocycles. The maximum absolute atomic E-state index is 12.6. The van der Waals surface area contributed by atoms with Gasteiger partial charge >= 0.3 is 0 Å². The van der Waals surface area contributed by atoms with Crippen LogP contribution in [0.2, 0.25) is 0 Å². The van der Waals surface area contributed by atoms with E-state index in [1.165, 1.54) is 0 Å². The van der Waals surface area contributed by atoms with Crippen LogP contribution in [-0.2, 0) is 14.8 Å². The van der Waals surface area contributed by atoms with E-state index in [0.717, 1.165) is 31.5 Å². The summed E-state index contributed by atoms with van der Waals surface area (Å²) in [5.74, 6) is 0.696. The van der Waals surface area contributed by atoms with Crippen molar-refractivity contribution in [2.24, 2.45) is 0 Å². The summed E-state index contributed by atoms with van der Waals surface area (Å²) in [4.78, 5) is 14.4. The summed E-state index contributed by atoms with van der Waals surface area (Å²) in [6, 6.07) is 7.06. The molecular formula is C18H26N2O5S. The highest BCUT2D eigenvalue weighted by atomic mass is 32.2. The zero-order valence-corrected chi connectivity index (χ0v) is 15.8. The Balaban J connectivity index is 1.48. The van der Waals surface area contributed by atoms with Crippen LogP contribution in [-0.4, -0.2) is 63.9 Å². The molecule has 2 aliphatic rings. The van der Waals surface area contributed by atoms with E-state index >= 15 is 0 Å². The number of nitrogens with one attached hydrogen (secondary N) is 1. The first kappa shape index (κ1) is 19.1. The van der Waals surface area contributed by atoms with E-state index in [1.807, 2.05) is 0 Å². The molecule has 3 rings (SSSR count). The Hall–Kier alpha value is -1.64. The Labute approximate surface area is 154 Å². The average molecular weight is 382 g/mol. The van der Waals surface area contributed by atoms with Crippen LogP contribution in [0, 0.1) is 0 Å². The highest BCUT2D eigenvalue weighted by Gasteiger charge is 2.25. The number of hydrogen-bond acceptors (Lipinski definition) is 5. The number of sulfonamides is 1. The zero-order chi connectivity index (χ0) is 18.6. The normalized spacial score (nSPS) is 21.7. The summed E-state index contributed by atoms with van der Waals surface area (Å²) < 4.78 is 36.4. The van der Waals surface area contributed by atoms with Gasteiger partial charge in [0, 0.05) is 31.3 Å². The predicted octanol–water partition coefficient (Wildman–Crippen LogP) is 1.40. The third kappa shape index (κ3) is 5.43. The van der Waals surface area contributed by atoms with Gasteiger partial charge < -0.3 is 14.4 Å². The van der Waals surface area contributed by atoms with Gasteiger partial charge in [-0.2, -0.15) is 0 Å². The molecule has 1 amide bonds. The fraction of sp³-hybridized carbons (Fsp3) is 0.611. The summed E-state index contributed by atoms with van der Waals surface area (Å²) in [6.45, 7) is 2.43. The van der Waals surface area contributed by atoms with E-state index in [1.54, 1.807) is 29.2 Å². The molecule has 0 aromatic heterocycles. The molecule has 2 heterocycles. The van der Waals surface area contributed by atoms with Crippen LogP contribution < -0.4 is 9.46 Å². The second kappa shape index (κ2) is 8.37. The minimum absolute atomic E-state index is 0.0338. The minimum Gasteiger partial charge on any atom is -0.491 e. The van der Waals surface area contributed by atoms with E-state index in [2.05, 4.69) is 4.72 Å². The van der Waals surface area contributed by atoms with Gasteiger partial charge in [-0.05, 0) is 49.9 Å². The van der Waals surface area contributed by atoms with Gasteiger partial charge in [-0.1, -0.05) is 0 Å². The second-order valence-corrected chi connectivity index (χ2v) is 8.71. The molecule has 1 unspecified atom stereocenters. The van der Waals surface area contributed by atoms with E-state index < -0.39 is 10.0 Å². The van der Waals surface area contributed by atoms with Crippen molar-refractivity contribution in [3.05, 3.63) is 29.8 Å². The van der Waals surface area contributed by atoms with Crippen LogP contribution in [0.25, 0.3) is 0 Å². The standard InChI is InChI=1S/C18H26N2O5S/c1-26(22,23)19-15-8-10-20(11-9-15)18(21)14-4-6-16(7-5-14)25-13-17-3-2-12-24-17/h4-7,15,17,19H,2-3,8-13H2,1H3. The van der Waals surface area contributed by atoms with Crippen molar-refractivity contribution in [2.75, 3.05) is 32.6 Å².